The SMILES string of the molecule is CC(NC(=O)OC(C)(C)C)C(=O)NCc1ccnc(-n2nc(C(F)(F)F)cc2-c2ccco2)c1. The zero-order chi connectivity index (χ0) is 25.1. The fraction of sp³-hybridized carbons (Fsp3) is 0.364. The highest BCUT2D eigenvalue weighted by atomic mass is 19.4. The maximum atomic E-state index is 13.3. The number of hydrogen-bond donors (Lipinski definition) is 2. The number of pyridine rings is 1. The number of carbonyl (C=O) groups is 2. The summed E-state index contributed by atoms with van der Waals surface area (Å²) in [7, 11) is 0. The third kappa shape index (κ3) is 6.36. The first kappa shape index (κ1) is 24.8. The zero-order valence-corrected chi connectivity index (χ0v) is 18.9. The van der Waals surface area contributed by atoms with Gasteiger partial charge in [0, 0.05) is 18.8 Å². The maximum absolute atomic E-state index is 13.3. The molecule has 9 nitrogen and oxygen atoms in total. The Hall–Kier alpha value is -3.83. The van der Waals surface area contributed by atoms with Crippen molar-refractivity contribution in [2.24, 2.45) is 0 Å². The highest BCUT2D eigenvalue weighted by Gasteiger charge is 2.36. The molecular weight excluding hydrogens is 455 g/mol. The van der Waals surface area contributed by atoms with Crippen LogP contribution in [0.1, 0.15) is 39.0 Å². The number of nitrogens with zero attached hydrogens (tertiary/aromatic N) is 3. The zero-order valence-electron chi connectivity index (χ0n) is 18.9. The lowest BCUT2D eigenvalue weighted by Gasteiger charge is -2.21. The van der Waals surface area contributed by atoms with E-state index >= 15 is 0 Å². The number of alkyl halides is 3. The molecular formula is C22H24F3N5O4. The molecule has 2 N–H and O–H groups in total. The third-order valence-electron chi connectivity index (χ3n) is 4.39. The molecule has 1 atom stereocenters. The largest absolute Gasteiger partial charge is 0.463 e. The Morgan fingerprint density at radius 2 is 1.94 bits per heavy atom. The van der Waals surface area contributed by atoms with Crippen molar-refractivity contribution < 1.29 is 31.9 Å². The predicted molar refractivity (Wildman–Crippen MR) is 115 cm³/mol. The van der Waals surface area contributed by atoms with Crippen LogP contribution in [0.25, 0.3) is 17.3 Å². The van der Waals surface area contributed by atoms with Crippen molar-refractivity contribution in [3.63, 3.8) is 0 Å². The molecule has 12 heteroatoms. The van der Waals surface area contributed by atoms with Crippen molar-refractivity contribution in [1.82, 2.24) is 25.4 Å². The van der Waals surface area contributed by atoms with E-state index in [-0.39, 0.29) is 23.8 Å². The number of aromatic nitrogens is 3. The Balaban J connectivity index is 1.74. The molecule has 34 heavy (non-hydrogen) atoms. The van der Waals surface area contributed by atoms with E-state index in [1.165, 1.54) is 31.5 Å². The second-order valence-corrected chi connectivity index (χ2v) is 8.41. The van der Waals surface area contributed by atoms with Crippen LogP contribution in [0.2, 0.25) is 0 Å². The molecule has 0 spiro atoms. The molecule has 3 heterocycles. The van der Waals surface area contributed by atoms with Crippen LogP contribution in [-0.4, -0.2) is 38.4 Å². The standard InChI is InChI=1S/C22H24F3N5O4/c1-13(28-20(32)34-21(2,3)4)19(31)27-12-14-7-8-26-18(10-14)30-15(16-6-5-9-33-16)11-17(29-30)22(23,24)25/h5-11,13H,12H2,1-4H3,(H,27,31)(H,28,32). The van der Waals surface area contributed by atoms with Crippen LogP contribution < -0.4 is 10.6 Å². The van der Waals surface area contributed by atoms with E-state index < -0.39 is 35.5 Å². The number of amides is 2. The molecule has 3 aromatic rings. The van der Waals surface area contributed by atoms with Gasteiger partial charge < -0.3 is 19.8 Å². The van der Waals surface area contributed by atoms with Crippen molar-refractivity contribution in [3.05, 3.63) is 54.0 Å². The van der Waals surface area contributed by atoms with Crippen molar-refractivity contribution in [2.45, 2.75) is 52.1 Å². The topological polar surface area (TPSA) is 111 Å². The normalized spacial score (nSPS) is 12.8. The van der Waals surface area contributed by atoms with E-state index in [1.807, 2.05) is 0 Å². The Kier molecular flexibility index (Phi) is 6.99. The summed E-state index contributed by atoms with van der Waals surface area (Å²) in [4.78, 5) is 28.3. The predicted octanol–water partition coefficient (Wildman–Crippen LogP) is 4.08. The minimum atomic E-state index is -4.66. The van der Waals surface area contributed by atoms with Crippen molar-refractivity contribution >= 4 is 12.0 Å². The third-order valence-corrected chi connectivity index (χ3v) is 4.39. The van der Waals surface area contributed by atoms with Crippen LogP contribution in [0.15, 0.2) is 47.2 Å². The van der Waals surface area contributed by atoms with Gasteiger partial charge in [0.2, 0.25) is 5.91 Å². The van der Waals surface area contributed by atoms with Gasteiger partial charge in [0.1, 0.15) is 17.3 Å². The number of nitrogens with one attached hydrogen (secondary N) is 2. The van der Waals surface area contributed by atoms with Gasteiger partial charge in [-0.05, 0) is 57.5 Å². The van der Waals surface area contributed by atoms with Crippen LogP contribution in [0.4, 0.5) is 18.0 Å². The monoisotopic (exact) mass is 479 g/mol. The summed E-state index contributed by atoms with van der Waals surface area (Å²) in [5, 5.41) is 8.74. The Labute approximate surface area is 193 Å². The van der Waals surface area contributed by atoms with Crippen LogP contribution in [0.3, 0.4) is 0 Å². The van der Waals surface area contributed by atoms with Gasteiger partial charge in [0.15, 0.2) is 17.3 Å². The van der Waals surface area contributed by atoms with Gasteiger partial charge >= 0.3 is 12.3 Å². The summed E-state index contributed by atoms with van der Waals surface area (Å²) >= 11 is 0. The van der Waals surface area contributed by atoms with Crippen LogP contribution >= 0.6 is 0 Å². The average molecular weight is 479 g/mol. The van der Waals surface area contributed by atoms with Crippen LogP contribution in [0.5, 0.6) is 0 Å². The fourth-order valence-electron chi connectivity index (χ4n) is 2.87. The molecule has 182 valence electrons. The number of hydrogen-bond acceptors (Lipinski definition) is 6. The van der Waals surface area contributed by atoms with E-state index in [0.29, 0.717) is 5.56 Å². The molecule has 0 radical (unpaired) electrons. The molecule has 0 aliphatic rings. The summed E-state index contributed by atoms with van der Waals surface area (Å²) in [6.07, 6.45) is -2.66. The second kappa shape index (κ2) is 9.57. The van der Waals surface area contributed by atoms with Crippen molar-refractivity contribution in [1.29, 1.82) is 0 Å². The quantitative estimate of drug-likeness (QED) is 0.551. The summed E-state index contributed by atoms with van der Waals surface area (Å²) in [6.45, 7) is 6.64. The lowest BCUT2D eigenvalue weighted by molar-refractivity contribution is -0.141. The minimum absolute atomic E-state index is 0.0399. The van der Waals surface area contributed by atoms with Gasteiger partial charge in [-0.2, -0.15) is 18.3 Å². The van der Waals surface area contributed by atoms with Gasteiger partial charge in [0.05, 0.1) is 6.26 Å². The van der Waals surface area contributed by atoms with Crippen molar-refractivity contribution in [3.8, 4) is 17.3 Å². The second-order valence-electron chi connectivity index (χ2n) is 8.41. The summed E-state index contributed by atoms with van der Waals surface area (Å²) in [5.74, 6) is -0.182. The summed E-state index contributed by atoms with van der Waals surface area (Å²) in [5.41, 5.74) is -1.18. The molecule has 2 amide bonds. The molecule has 0 saturated carbocycles. The number of rotatable bonds is 6. The Morgan fingerprint density at radius 3 is 2.56 bits per heavy atom. The summed E-state index contributed by atoms with van der Waals surface area (Å²) < 4.78 is 51.2. The first-order valence-corrected chi connectivity index (χ1v) is 10.3. The molecule has 0 aliphatic carbocycles. The number of alkyl carbamates (subject to hydrolysis) is 1. The van der Waals surface area contributed by atoms with Gasteiger partial charge in [-0.15, -0.1) is 0 Å². The molecule has 0 aliphatic heterocycles. The smallest absolute Gasteiger partial charge is 0.435 e. The molecule has 0 bridgehead atoms. The van der Waals surface area contributed by atoms with Gasteiger partial charge in [-0.1, -0.05) is 0 Å². The molecule has 1 unspecified atom stereocenters. The Morgan fingerprint density at radius 1 is 1.21 bits per heavy atom. The number of carbonyl (C=O) groups excluding carboxylic acids is 2. The molecule has 0 fully saturated rings. The van der Waals surface area contributed by atoms with Crippen molar-refractivity contribution in [2.75, 3.05) is 0 Å². The van der Waals surface area contributed by atoms with Crippen LogP contribution in [0, 0.1) is 0 Å². The van der Waals surface area contributed by atoms with E-state index in [0.717, 1.165) is 10.7 Å². The lowest BCUT2D eigenvalue weighted by Crippen LogP contribution is -2.46. The number of ether oxygens (including phenoxy) is 1. The molecule has 0 saturated heterocycles. The van der Waals surface area contributed by atoms with E-state index in [2.05, 4.69) is 20.7 Å². The number of furan rings is 1. The average Bonchev–Trinajstić information content (AvgIpc) is 3.40. The lowest BCUT2D eigenvalue weighted by atomic mass is 10.2. The number of halogens is 3. The van der Waals surface area contributed by atoms with Crippen LogP contribution in [-0.2, 0) is 22.3 Å². The van der Waals surface area contributed by atoms with E-state index in [4.69, 9.17) is 9.15 Å². The maximum Gasteiger partial charge on any atom is 0.435 e. The van der Waals surface area contributed by atoms with E-state index in [9.17, 15) is 22.8 Å². The molecule has 0 aromatic carbocycles. The molecule has 3 rings (SSSR count). The van der Waals surface area contributed by atoms with Gasteiger partial charge in [-0.3, -0.25) is 4.79 Å². The molecule has 3 aromatic heterocycles. The Bertz CT molecular complexity index is 1150. The fourth-order valence-corrected chi connectivity index (χ4v) is 2.87. The van der Waals surface area contributed by atoms with Gasteiger partial charge in [-0.25, -0.2) is 14.5 Å². The minimum Gasteiger partial charge on any atom is -0.463 e. The highest BCUT2D eigenvalue weighted by molar-refractivity contribution is 5.85. The van der Waals surface area contributed by atoms with Gasteiger partial charge in [0.25, 0.3) is 0 Å². The highest BCUT2D eigenvalue weighted by Crippen LogP contribution is 2.33. The first-order valence-electron chi connectivity index (χ1n) is 10.3. The first-order chi connectivity index (χ1) is 15.8. The van der Waals surface area contributed by atoms with E-state index in [1.54, 1.807) is 32.9 Å². The summed E-state index contributed by atoms with van der Waals surface area (Å²) in [6, 6.07) is 6.14.